The quantitative estimate of drug-likeness (QED) is 0.618. The number of hydrogen-bond donors (Lipinski definition) is 0. The smallest absolute Gasteiger partial charge is 0.299 e. The van der Waals surface area contributed by atoms with E-state index >= 15 is 0 Å². The molecular formula is C13H10F2N2O2. The summed E-state index contributed by atoms with van der Waals surface area (Å²) in [5, 5.41) is 8.40. The minimum Gasteiger partial charge on any atom is -0.305 e. The van der Waals surface area contributed by atoms with Gasteiger partial charge in [-0.1, -0.05) is 0 Å². The molecule has 0 atom stereocenters. The van der Waals surface area contributed by atoms with Crippen LogP contribution in [-0.4, -0.2) is 18.2 Å². The molecule has 2 rings (SSSR count). The van der Waals surface area contributed by atoms with Crippen LogP contribution in [0.4, 0.5) is 14.5 Å². The molecule has 1 aromatic carbocycles. The van der Waals surface area contributed by atoms with Crippen LogP contribution in [-0.2, 0) is 4.79 Å². The highest BCUT2D eigenvalue weighted by Gasteiger charge is 2.36. The van der Waals surface area contributed by atoms with Gasteiger partial charge in [-0.15, -0.1) is 0 Å². The van der Waals surface area contributed by atoms with Crippen LogP contribution >= 0.6 is 0 Å². The van der Waals surface area contributed by atoms with Crippen molar-refractivity contribution in [1.82, 2.24) is 0 Å². The van der Waals surface area contributed by atoms with E-state index in [0.29, 0.717) is 19.3 Å². The number of Topliss-reactive ketones (excluding diaryl/α,β-unsaturated/α-hetero) is 1. The topological polar surface area (TPSA) is 61.2 Å². The van der Waals surface area contributed by atoms with Crippen molar-refractivity contribution >= 4 is 17.4 Å². The fourth-order valence-corrected chi connectivity index (χ4v) is 1.98. The van der Waals surface area contributed by atoms with Crippen molar-refractivity contribution in [2.24, 2.45) is 0 Å². The number of carbonyl (C=O) groups is 2. The SMILES string of the molecule is N#CCCCCN1C(=O)C(=O)c2cc(F)c(F)cc21. The zero-order chi connectivity index (χ0) is 14.0. The van der Waals surface area contributed by atoms with Crippen LogP contribution < -0.4 is 4.90 Å². The fourth-order valence-electron chi connectivity index (χ4n) is 1.98. The molecule has 98 valence electrons. The molecule has 1 aliphatic rings. The Labute approximate surface area is 108 Å². The molecule has 0 saturated carbocycles. The van der Waals surface area contributed by atoms with Crippen molar-refractivity contribution in [3.63, 3.8) is 0 Å². The maximum absolute atomic E-state index is 13.2. The molecule has 0 spiro atoms. The fraction of sp³-hybridized carbons (Fsp3) is 0.308. The maximum atomic E-state index is 13.2. The first kappa shape index (κ1) is 13.1. The number of halogens is 2. The summed E-state index contributed by atoms with van der Waals surface area (Å²) in [5.41, 5.74) is -0.00459. The second-order valence-electron chi connectivity index (χ2n) is 4.18. The van der Waals surface area contributed by atoms with E-state index in [0.717, 1.165) is 17.0 Å². The van der Waals surface area contributed by atoms with Gasteiger partial charge in [-0.25, -0.2) is 8.78 Å². The summed E-state index contributed by atoms with van der Waals surface area (Å²) in [6.45, 7) is 0.213. The maximum Gasteiger partial charge on any atom is 0.299 e. The van der Waals surface area contributed by atoms with Gasteiger partial charge in [0.15, 0.2) is 11.6 Å². The van der Waals surface area contributed by atoms with E-state index in [4.69, 9.17) is 5.26 Å². The molecule has 0 bridgehead atoms. The molecule has 0 unspecified atom stereocenters. The summed E-state index contributed by atoms with van der Waals surface area (Å²) in [4.78, 5) is 24.5. The van der Waals surface area contributed by atoms with Gasteiger partial charge in [-0.05, 0) is 18.9 Å². The van der Waals surface area contributed by atoms with Crippen molar-refractivity contribution in [2.75, 3.05) is 11.4 Å². The van der Waals surface area contributed by atoms with Gasteiger partial charge in [-0.2, -0.15) is 5.26 Å². The van der Waals surface area contributed by atoms with Gasteiger partial charge in [-0.3, -0.25) is 9.59 Å². The van der Waals surface area contributed by atoms with Gasteiger partial charge >= 0.3 is 0 Å². The van der Waals surface area contributed by atoms with Crippen molar-refractivity contribution in [3.05, 3.63) is 29.3 Å². The predicted molar refractivity (Wildman–Crippen MR) is 62.5 cm³/mol. The van der Waals surface area contributed by atoms with E-state index in [1.807, 2.05) is 6.07 Å². The van der Waals surface area contributed by atoms with Crippen molar-refractivity contribution < 1.29 is 18.4 Å². The van der Waals surface area contributed by atoms with E-state index in [1.165, 1.54) is 0 Å². The van der Waals surface area contributed by atoms with Gasteiger partial charge in [0.05, 0.1) is 17.3 Å². The second kappa shape index (κ2) is 5.14. The highest BCUT2D eigenvalue weighted by Crippen LogP contribution is 2.31. The third kappa shape index (κ3) is 2.32. The van der Waals surface area contributed by atoms with Crippen molar-refractivity contribution in [1.29, 1.82) is 5.26 Å². The molecule has 0 aromatic heterocycles. The third-order valence-corrected chi connectivity index (χ3v) is 2.93. The average Bonchev–Trinajstić information content (AvgIpc) is 2.60. The summed E-state index contributed by atoms with van der Waals surface area (Å²) >= 11 is 0. The zero-order valence-corrected chi connectivity index (χ0v) is 9.95. The minimum atomic E-state index is -1.15. The number of benzene rings is 1. The van der Waals surface area contributed by atoms with Crippen LogP contribution in [0, 0.1) is 23.0 Å². The molecule has 4 nitrogen and oxygen atoms in total. The molecule has 0 N–H and O–H groups in total. The largest absolute Gasteiger partial charge is 0.305 e. The number of nitrogens with zero attached hydrogens (tertiary/aromatic N) is 2. The molecular weight excluding hydrogens is 254 g/mol. The number of fused-ring (bicyclic) bond motifs is 1. The molecule has 6 heteroatoms. The lowest BCUT2D eigenvalue weighted by molar-refractivity contribution is -0.114. The van der Waals surface area contributed by atoms with Crippen LogP contribution in [0.25, 0.3) is 0 Å². The first-order valence-corrected chi connectivity index (χ1v) is 5.78. The van der Waals surface area contributed by atoms with Crippen LogP contribution in [0.3, 0.4) is 0 Å². The highest BCUT2D eigenvalue weighted by atomic mass is 19.2. The number of carbonyl (C=O) groups excluding carboxylic acids is 2. The first-order valence-electron chi connectivity index (χ1n) is 5.78. The molecule has 0 aliphatic carbocycles. The molecule has 1 aromatic rings. The van der Waals surface area contributed by atoms with Gasteiger partial charge in [0, 0.05) is 19.0 Å². The first-order chi connectivity index (χ1) is 9.06. The van der Waals surface area contributed by atoms with E-state index in [1.54, 1.807) is 0 Å². The summed E-state index contributed by atoms with van der Waals surface area (Å²) < 4.78 is 26.2. The number of nitriles is 1. The minimum absolute atomic E-state index is 0.103. The lowest BCUT2D eigenvalue weighted by atomic mass is 10.1. The number of anilines is 1. The van der Waals surface area contributed by atoms with Crippen LogP contribution in [0.15, 0.2) is 12.1 Å². The van der Waals surface area contributed by atoms with Gasteiger partial charge in [0.2, 0.25) is 0 Å². The molecule has 0 fully saturated rings. The number of ketones is 1. The van der Waals surface area contributed by atoms with Gasteiger partial charge in [0.1, 0.15) is 0 Å². The number of hydrogen-bond acceptors (Lipinski definition) is 3. The van der Waals surface area contributed by atoms with Crippen LogP contribution in [0.2, 0.25) is 0 Å². The average molecular weight is 264 g/mol. The van der Waals surface area contributed by atoms with Crippen molar-refractivity contribution in [2.45, 2.75) is 19.3 Å². The van der Waals surface area contributed by atoms with Crippen LogP contribution in [0.5, 0.6) is 0 Å². The Bertz CT molecular complexity index is 593. The van der Waals surface area contributed by atoms with Gasteiger partial charge in [0.25, 0.3) is 11.7 Å². The standard InChI is InChI=1S/C13H10F2N2O2/c14-9-6-8-11(7-10(9)15)17(13(19)12(8)18)5-3-1-2-4-16/h6-7H,1-3,5H2. The molecule has 0 radical (unpaired) electrons. The van der Waals surface area contributed by atoms with Crippen molar-refractivity contribution in [3.8, 4) is 6.07 Å². The lowest BCUT2D eigenvalue weighted by Gasteiger charge is -2.15. The van der Waals surface area contributed by atoms with Crippen LogP contribution in [0.1, 0.15) is 29.6 Å². The third-order valence-electron chi connectivity index (χ3n) is 2.93. The number of rotatable bonds is 4. The Balaban J connectivity index is 2.24. The summed E-state index contributed by atoms with van der Waals surface area (Å²) in [5.74, 6) is -3.85. The normalized spacial score (nSPS) is 13.6. The molecule has 1 heterocycles. The Hall–Kier alpha value is -2.29. The van der Waals surface area contributed by atoms with E-state index in [2.05, 4.69) is 0 Å². The Kier molecular flexibility index (Phi) is 3.56. The molecule has 0 saturated heterocycles. The Morgan fingerprint density at radius 3 is 2.53 bits per heavy atom. The predicted octanol–water partition coefficient (Wildman–Crippen LogP) is 2.19. The Morgan fingerprint density at radius 1 is 1.16 bits per heavy atom. The second-order valence-corrected chi connectivity index (χ2v) is 4.18. The van der Waals surface area contributed by atoms with E-state index in [-0.39, 0.29) is 17.8 Å². The van der Waals surface area contributed by atoms with E-state index in [9.17, 15) is 18.4 Å². The summed E-state index contributed by atoms with van der Waals surface area (Å²) in [6, 6.07) is 3.58. The van der Waals surface area contributed by atoms with E-state index < -0.39 is 23.3 Å². The molecule has 1 aliphatic heterocycles. The number of unbranched alkanes of at least 4 members (excludes halogenated alkanes) is 2. The highest BCUT2D eigenvalue weighted by molar-refractivity contribution is 6.52. The summed E-state index contributed by atoms with van der Waals surface area (Å²) in [6.07, 6.45) is 1.44. The van der Waals surface area contributed by atoms with Gasteiger partial charge < -0.3 is 4.90 Å². The lowest BCUT2D eigenvalue weighted by Crippen LogP contribution is -2.30. The molecule has 1 amide bonds. The monoisotopic (exact) mass is 264 g/mol. The zero-order valence-electron chi connectivity index (χ0n) is 9.95. The Morgan fingerprint density at radius 2 is 1.84 bits per heavy atom. The number of amides is 1. The summed E-state index contributed by atoms with van der Waals surface area (Å²) in [7, 11) is 0. The molecule has 19 heavy (non-hydrogen) atoms.